The van der Waals surface area contributed by atoms with E-state index in [1.807, 2.05) is 36.4 Å². The van der Waals surface area contributed by atoms with Gasteiger partial charge in [0, 0.05) is 17.6 Å². The van der Waals surface area contributed by atoms with Crippen LogP contribution in [0.25, 0.3) is 0 Å². The smallest absolute Gasteiger partial charge is 0.118 e. The van der Waals surface area contributed by atoms with Gasteiger partial charge >= 0.3 is 0 Å². The van der Waals surface area contributed by atoms with Gasteiger partial charge in [0.2, 0.25) is 0 Å². The minimum Gasteiger partial charge on any atom is -0.497 e. The van der Waals surface area contributed by atoms with Crippen molar-refractivity contribution in [3.8, 4) is 23.6 Å². The van der Waals surface area contributed by atoms with Crippen molar-refractivity contribution >= 4 is 12.6 Å². The van der Waals surface area contributed by atoms with E-state index in [1.54, 1.807) is 14.2 Å². The van der Waals surface area contributed by atoms with Gasteiger partial charge in [-0.05, 0) is 53.6 Å². The fourth-order valence-corrected chi connectivity index (χ4v) is 5.12. The number of hydrogen-bond acceptors (Lipinski definition) is 5. The highest BCUT2D eigenvalue weighted by Crippen LogP contribution is 2.52. The van der Waals surface area contributed by atoms with Gasteiger partial charge < -0.3 is 9.47 Å². The number of nitriles is 2. The Hall–Kier alpha value is -2.63. The molecule has 0 bridgehead atoms. The second-order valence-electron chi connectivity index (χ2n) is 8.34. The van der Waals surface area contributed by atoms with E-state index in [2.05, 4.69) is 31.2 Å². The molecule has 3 rings (SSSR count). The number of ether oxygens (including phenoxy) is 2. The largest absolute Gasteiger partial charge is 0.497 e. The molecule has 2 aromatic carbocycles. The number of benzene rings is 2. The third-order valence-corrected chi connectivity index (χ3v) is 7.08. The van der Waals surface area contributed by atoms with Gasteiger partial charge in [0.1, 0.15) is 11.5 Å². The topological polar surface area (TPSA) is 66.0 Å². The van der Waals surface area contributed by atoms with Crippen molar-refractivity contribution in [3.05, 3.63) is 59.7 Å². The zero-order valence-electron chi connectivity index (χ0n) is 19.4. The maximum absolute atomic E-state index is 9.33. The van der Waals surface area contributed by atoms with E-state index in [9.17, 15) is 5.26 Å². The minimum atomic E-state index is 0.145. The average Bonchev–Trinajstić information content (AvgIpc) is 2.84. The van der Waals surface area contributed by atoms with E-state index in [0.717, 1.165) is 17.1 Å². The monoisotopic (exact) mass is 450 g/mol. The summed E-state index contributed by atoms with van der Waals surface area (Å²) in [5.41, 5.74) is 2.42. The van der Waals surface area contributed by atoms with Crippen molar-refractivity contribution < 1.29 is 9.47 Å². The molecular weight excluding hydrogens is 416 g/mol. The summed E-state index contributed by atoms with van der Waals surface area (Å²) in [5, 5.41) is 18.0. The molecule has 1 unspecified atom stereocenters. The Morgan fingerprint density at radius 2 is 1.41 bits per heavy atom. The van der Waals surface area contributed by atoms with Crippen LogP contribution in [0.3, 0.4) is 0 Å². The summed E-state index contributed by atoms with van der Waals surface area (Å²) in [7, 11) is 3.31. The molecule has 1 fully saturated rings. The number of methoxy groups -OCH3 is 2. The predicted octanol–water partition coefficient (Wildman–Crippen LogP) is 6.72. The van der Waals surface area contributed by atoms with Gasteiger partial charge in [-0.25, -0.2) is 0 Å². The molecule has 0 heterocycles. The van der Waals surface area contributed by atoms with Crippen molar-refractivity contribution in [2.24, 2.45) is 5.41 Å². The summed E-state index contributed by atoms with van der Waals surface area (Å²) in [6.07, 6.45) is 7.20. The first-order valence-electron chi connectivity index (χ1n) is 11.2. The van der Waals surface area contributed by atoms with Crippen molar-refractivity contribution in [2.75, 3.05) is 14.2 Å². The number of nitrogens with zero attached hydrogens (tertiary/aromatic N) is 2. The summed E-state index contributed by atoms with van der Waals surface area (Å²) in [5.74, 6) is 1.96. The molecule has 170 valence electrons. The van der Waals surface area contributed by atoms with E-state index in [0.29, 0.717) is 18.1 Å². The zero-order chi connectivity index (χ0) is 23.4. The van der Waals surface area contributed by atoms with Crippen molar-refractivity contribution in [2.45, 2.75) is 63.0 Å². The average molecular weight is 451 g/mol. The highest BCUT2D eigenvalue weighted by Gasteiger charge is 2.43. The Morgan fingerprint density at radius 3 is 1.84 bits per heavy atom. The Bertz CT molecular complexity index is 889. The maximum atomic E-state index is 9.33. The molecule has 0 N–H and O–H groups in total. The fraction of sp³-hybridized carbons (Fsp3) is 0.481. The van der Waals surface area contributed by atoms with E-state index in [4.69, 9.17) is 27.4 Å². The molecule has 0 saturated heterocycles. The highest BCUT2D eigenvalue weighted by atomic mass is 32.1. The van der Waals surface area contributed by atoms with Gasteiger partial charge in [-0.2, -0.15) is 23.2 Å². The maximum Gasteiger partial charge on any atom is 0.118 e. The molecule has 1 saturated carbocycles. The lowest BCUT2D eigenvalue weighted by Crippen LogP contribution is -2.38. The molecular formula is C27H34N2O2S. The Kier molecular flexibility index (Phi) is 10.4. The molecule has 1 aliphatic rings. The van der Waals surface area contributed by atoms with Crippen LogP contribution in [0.1, 0.15) is 62.5 Å². The lowest BCUT2D eigenvalue weighted by molar-refractivity contribution is 0.145. The predicted molar refractivity (Wildman–Crippen MR) is 132 cm³/mol. The Morgan fingerprint density at radius 1 is 0.875 bits per heavy atom. The quantitative estimate of drug-likeness (QED) is 0.475. The third kappa shape index (κ3) is 6.68. The second-order valence-corrected chi connectivity index (χ2v) is 9.12. The normalized spacial score (nSPS) is 16.3. The van der Waals surface area contributed by atoms with Crippen LogP contribution in [0.4, 0.5) is 0 Å². The molecule has 4 nitrogen and oxygen atoms in total. The molecule has 32 heavy (non-hydrogen) atoms. The van der Waals surface area contributed by atoms with Crippen LogP contribution in [0.15, 0.2) is 48.5 Å². The van der Waals surface area contributed by atoms with E-state index in [1.165, 1.54) is 37.7 Å². The molecule has 0 aliphatic heterocycles. The molecule has 0 radical (unpaired) electrons. The first kappa shape index (κ1) is 25.6. The third-order valence-electron chi connectivity index (χ3n) is 6.57. The molecule has 2 atom stereocenters. The van der Waals surface area contributed by atoms with Crippen LogP contribution < -0.4 is 9.47 Å². The fourth-order valence-electron chi connectivity index (χ4n) is 4.68. The molecule has 2 aromatic rings. The number of hydrogen-bond donors (Lipinski definition) is 1. The van der Waals surface area contributed by atoms with E-state index in [-0.39, 0.29) is 11.3 Å². The van der Waals surface area contributed by atoms with E-state index >= 15 is 0 Å². The zero-order valence-corrected chi connectivity index (χ0v) is 20.3. The summed E-state index contributed by atoms with van der Waals surface area (Å²) >= 11 is 4.81. The molecule has 0 spiro atoms. The summed E-state index contributed by atoms with van der Waals surface area (Å²) in [6, 6.07) is 20.2. The van der Waals surface area contributed by atoms with Crippen LogP contribution >= 0.6 is 12.6 Å². The molecule has 1 aliphatic carbocycles. The van der Waals surface area contributed by atoms with Gasteiger partial charge in [0.25, 0.3) is 0 Å². The van der Waals surface area contributed by atoms with Crippen molar-refractivity contribution in [1.29, 1.82) is 10.5 Å². The summed E-state index contributed by atoms with van der Waals surface area (Å²) < 4.78 is 10.2. The van der Waals surface area contributed by atoms with Crippen LogP contribution in [0, 0.1) is 28.1 Å². The first-order valence-corrected chi connectivity index (χ1v) is 11.7. The van der Waals surface area contributed by atoms with Crippen molar-refractivity contribution in [1.82, 2.24) is 0 Å². The number of thiol groups is 1. The van der Waals surface area contributed by atoms with Gasteiger partial charge in [0.15, 0.2) is 0 Å². The van der Waals surface area contributed by atoms with Crippen LogP contribution in [-0.4, -0.2) is 19.5 Å². The van der Waals surface area contributed by atoms with Crippen LogP contribution in [0.2, 0.25) is 0 Å². The summed E-state index contributed by atoms with van der Waals surface area (Å²) in [4.78, 5) is 0. The Balaban J connectivity index is 0.000000278. The highest BCUT2D eigenvalue weighted by molar-refractivity contribution is 7.81. The van der Waals surface area contributed by atoms with Gasteiger partial charge in [-0.15, -0.1) is 0 Å². The van der Waals surface area contributed by atoms with Crippen molar-refractivity contribution in [3.63, 3.8) is 0 Å². The Labute approximate surface area is 198 Å². The number of rotatable bonds is 7. The standard InChI is InChI=1S/C18H25NOS.C9H9NO/c1-14(21)18(11-4-3-5-12-18)17(10-13-19)15-6-8-16(20-2)9-7-15;1-11-9-4-2-8(3-5-9)6-7-10/h6-9,14,17,21H,3-5,10-12H2,1-2H3;2-5H,6H2,1H3/t14-,17?;/m1./s1. The molecule has 0 aromatic heterocycles. The SMILES string of the molecule is COc1ccc(C(CC#N)C2([C@@H](C)S)CCCCC2)cc1.COc1ccc(CC#N)cc1. The van der Waals surface area contributed by atoms with Gasteiger partial charge in [-0.1, -0.05) is 50.5 Å². The van der Waals surface area contributed by atoms with Gasteiger partial charge in [0.05, 0.1) is 32.8 Å². The van der Waals surface area contributed by atoms with Crippen LogP contribution in [-0.2, 0) is 6.42 Å². The van der Waals surface area contributed by atoms with E-state index < -0.39 is 0 Å². The second kappa shape index (κ2) is 13.0. The lowest BCUT2D eigenvalue weighted by Gasteiger charge is -2.46. The lowest BCUT2D eigenvalue weighted by atomic mass is 9.61. The first-order chi connectivity index (χ1) is 15.5. The molecule has 0 amide bonds. The van der Waals surface area contributed by atoms with Gasteiger partial charge in [-0.3, -0.25) is 0 Å². The summed E-state index contributed by atoms with van der Waals surface area (Å²) in [6.45, 7) is 2.20. The minimum absolute atomic E-state index is 0.145. The van der Waals surface area contributed by atoms with Crippen LogP contribution in [0.5, 0.6) is 11.5 Å². The molecule has 5 heteroatoms.